The molecule has 0 aliphatic carbocycles. The molecule has 0 bridgehead atoms. The summed E-state index contributed by atoms with van der Waals surface area (Å²) in [6, 6.07) is 10.6. The second-order valence-corrected chi connectivity index (χ2v) is 4.96. The number of nitrogens with one attached hydrogen (secondary N) is 1. The third-order valence-corrected chi connectivity index (χ3v) is 3.37. The van der Waals surface area contributed by atoms with Crippen LogP contribution in [0, 0.1) is 10.1 Å². The van der Waals surface area contributed by atoms with E-state index in [4.69, 9.17) is 4.74 Å². The minimum atomic E-state index is -0.494. The number of halogens is 1. The number of amides is 1. The smallest absolute Gasteiger partial charge is 0.269 e. The van der Waals surface area contributed by atoms with E-state index >= 15 is 0 Å². The molecule has 0 radical (unpaired) electrons. The number of nitro groups is 1. The molecule has 0 aromatic heterocycles. The Morgan fingerprint density at radius 2 is 1.90 bits per heavy atom. The number of hydrogen-bond donors (Lipinski definition) is 1. The molecule has 21 heavy (non-hydrogen) atoms. The largest absolute Gasteiger partial charge is 0.496 e. The number of non-ortho nitro benzene ring substituents is 1. The number of nitrogens with zero attached hydrogens (tertiary/aromatic N) is 1. The van der Waals surface area contributed by atoms with Gasteiger partial charge in [0.15, 0.2) is 0 Å². The van der Waals surface area contributed by atoms with Crippen molar-refractivity contribution in [1.82, 2.24) is 0 Å². The highest BCUT2D eigenvalue weighted by molar-refractivity contribution is 9.10. The summed E-state index contributed by atoms with van der Waals surface area (Å²) in [5.41, 5.74) is 0.902. The van der Waals surface area contributed by atoms with E-state index in [2.05, 4.69) is 21.2 Å². The molecule has 0 atom stereocenters. The Morgan fingerprint density at radius 1 is 1.24 bits per heavy atom. The number of nitro benzene ring substituents is 1. The zero-order valence-electron chi connectivity index (χ0n) is 11.0. The monoisotopic (exact) mass is 350 g/mol. The first-order chi connectivity index (χ1) is 10.0. The van der Waals surface area contributed by atoms with Crippen LogP contribution in [0.25, 0.3) is 0 Å². The first-order valence-corrected chi connectivity index (χ1v) is 6.70. The van der Waals surface area contributed by atoms with Gasteiger partial charge in [-0.05, 0) is 46.3 Å². The van der Waals surface area contributed by atoms with Crippen LogP contribution in [0.2, 0.25) is 0 Å². The number of hydrogen-bond acceptors (Lipinski definition) is 4. The lowest BCUT2D eigenvalue weighted by atomic mass is 10.2. The maximum atomic E-state index is 12.1. The van der Waals surface area contributed by atoms with Gasteiger partial charge in [0.25, 0.3) is 11.6 Å². The Balaban J connectivity index is 2.14. The van der Waals surface area contributed by atoms with E-state index < -0.39 is 4.92 Å². The Morgan fingerprint density at radius 3 is 2.43 bits per heavy atom. The van der Waals surface area contributed by atoms with E-state index in [-0.39, 0.29) is 11.6 Å². The van der Waals surface area contributed by atoms with Gasteiger partial charge in [-0.1, -0.05) is 0 Å². The summed E-state index contributed by atoms with van der Waals surface area (Å²) in [6.45, 7) is 0. The summed E-state index contributed by atoms with van der Waals surface area (Å²) in [5, 5.41) is 13.2. The second kappa shape index (κ2) is 6.36. The van der Waals surface area contributed by atoms with Gasteiger partial charge in [-0.25, -0.2) is 0 Å². The van der Waals surface area contributed by atoms with Gasteiger partial charge in [0.2, 0.25) is 0 Å². The molecule has 0 heterocycles. The van der Waals surface area contributed by atoms with Crippen molar-refractivity contribution in [3.63, 3.8) is 0 Å². The van der Waals surface area contributed by atoms with Crippen LogP contribution in [0.4, 0.5) is 11.4 Å². The van der Waals surface area contributed by atoms with Gasteiger partial charge in [-0.3, -0.25) is 14.9 Å². The quantitative estimate of drug-likeness (QED) is 0.674. The minimum absolute atomic E-state index is 0.0276. The summed E-state index contributed by atoms with van der Waals surface area (Å²) in [6.07, 6.45) is 0. The zero-order valence-corrected chi connectivity index (χ0v) is 12.6. The predicted octanol–water partition coefficient (Wildman–Crippen LogP) is 3.62. The number of rotatable bonds is 4. The first kappa shape index (κ1) is 15.0. The van der Waals surface area contributed by atoms with Crippen LogP contribution in [-0.2, 0) is 0 Å². The molecule has 0 unspecified atom stereocenters. The van der Waals surface area contributed by atoms with Crippen LogP contribution in [0.1, 0.15) is 10.4 Å². The normalized spacial score (nSPS) is 10.0. The molecule has 0 saturated heterocycles. The number of ether oxygens (including phenoxy) is 1. The Bertz CT molecular complexity index is 686. The van der Waals surface area contributed by atoms with E-state index in [0.29, 0.717) is 21.5 Å². The van der Waals surface area contributed by atoms with E-state index in [0.717, 1.165) is 0 Å². The Hall–Kier alpha value is -2.41. The molecule has 0 saturated carbocycles. The lowest BCUT2D eigenvalue weighted by molar-refractivity contribution is -0.384. The Labute approximate surface area is 129 Å². The lowest BCUT2D eigenvalue weighted by Crippen LogP contribution is -2.11. The molecular weight excluding hydrogens is 340 g/mol. The number of anilines is 1. The molecule has 1 amide bonds. The SMILES string of the molecule is COc1ccc(C(=O)Nc2ccc([N+](=O)[O-])cc2)cc1Br. The molecule has 108 valence electrons. The summed E-state index contributed by atoms with van der Waals surface area (Å²) in [5.74, 6) is 0.314. The van der Waals surface area contributed by atoms with Crippen LogP contribution in [0.15, 0.2) is 46.9 Å². The van der Waals surface area contributed by atoms with Crippen molar-refractivity contribution >= 4 is 33.2 Å². The summed E-state index contributed by atoms with van der Waals surface area (Å²) < 4.78 is 5.76. The molecule has 6 nitrogen and oxygen atoms in total. The van der Waals surface area contributed by atoms with Crippen LogP contribution >= 0.6 is 15.9 Å². The highest BCUT2D eigenvalue weighted by atomic mass is 79.9. The van der Waals surface area contributed by atoms with Gasteiger partial charge in [0, 0.05) is 23.4 Å². The van der Waals surface area contributed by atoms with Crippen LogP contribution < -0.4 is 10.1 Å². The third-order valence-electron chi connectivity index (χ3n) is 2.75. The van der Waals surface area contributed by atoms with Gasteiger partial charge in [0.05, 0.1) is 16.5 Å². The standard InChI is InChI=1S/C14H11BrN2O4/c1-21-13-7-2-9(8-12(13)15)14(18)16-10-3-5-11(6-4-10)17(19)20/h2-8H,1H3,(H,16,18). The fraction of sp³-hybridized carbons (Fsp3) is 0.0714. The summed E-state index contributed by atoms with van der Waals surface area (Å²) in [4.78, 5) is 22.1. The molecule has 0 aliphatic heterocycles. The first-order valence-electron chi connectivity index (χ1n) is 5.90. The molecular formula is C14H11BrN2O4. The van der Waals surface area contributed by atoms with Crippen LogP contribution in [0.5, 0.6) is 5.75 Å². The average molecular weight is 351 g/mol. The van der Waals surface area contributed by atoms with E-state index in [1.165, 1.54) is 31.4 Å². The van der Waals surface area contributed by atoms with Gasteiger partial charge < -0.3 is 10.1 Å². The minimum Gasteiger partial charge on any atom is -0.496 e. The second-order valence-electron chi connectivity index (χ2n) is 4.11. The van der Waals surface area contributed by atoms with Crippen molar-refractivity contribution in [2.24, 2.45) is 0 Å². The summed E-state index contributed by atoms with van der Waals surface area (Å²) >= 11 is 3.31. The molecule has 2 rings (SSSR count). The average Bonchev–Trinajstić information content (AvgIpc) is 2.47. The molecule has 1 N–H and O–H groups in total. The van der Waals surface area contributed by atoms with Crippen LogP contribution in [0.3, 0.4) is 0 Å². The molecule has 0 aliphatic rings. The maximum absolute atomic E-state index is 12.1. The van der Waals surface area contributed by atoms with Crippen molar-refractivity contribution in [1.29, 1.82) is 0 Å². The van der Waals surface area contributed by atoms with E-state index in [1.54, 1.807) is 18.2 Å². The van der Waals surface area contributed by atoms with Gasteiger partial charge in [-0.2, -0.15) is 0 Å². The van der Waals surface area contributed by atoms with Crippen LogP contribution in [-0.4, -0.2) is 17.9 Å². The molecule has 2 aromatic carbocycles. The van der Waals surface area contributed by atoms with E-state index in [9.17, 15) is 14.9 Å². The van der Waals surface area contributed by atoms with Gasteiger partial charge in [-0.15, -0.1) is 0 Å². The number of carbonyl (C=O) groups is 1. The summed E-state index contributed by atoms with van der Waals surface area (Å²) in [7, 11) is 1.54. The Kier molecular flexibility index (Phi) is 4.54. The molecule has 0 fully saturated rings. The van der Waals surface area contributed by atoms with Crippen molar-refractivity contribution in [2.45, 2.75) is 0 Å². The third kappa shape index (κ3) is 3.57. The van der Waals surface area contributed by atoms with E-state index in [1.807, 2.05) is 0 Å². The zero-order chi connectivity index (χ0) is 15.4. The lowest BCUT2D eigenvalue weighted by Gasteiger charge is -2.07. The van der Waals surface area contributed by atoms with Gasteiger partial charge >= 0.3 is 0 Å². The molecule has 7 heteroatoms. The van der Waals surface area contributed by atoms with Crippen molar-refractivity contribution in [3.05, 3.63) is 62.6 Å². The van der Waals surface area contributed by atoms with Crippen molar-refractivity contribution in [3.8, 4) is 5.75 Å². The van der Waals surface area contributed by atoms with Crippen molar-refractivity contribution < 1.29 is 14.5 Å². The molecule has 2 aromatic rings. The number of methoxy groups -OCH3 is 1. The maximum Gasteiger partial charge on any atom is 0.269 e. The number of carbonyl (C=O) groups excluding carboxylic acids is 1. The van der Waals surface area contributed by atoms with Gasteiger partial charge in [0.1, 0.15) is 5.75 Å². The predicted molar refractivity (Wildman–Crippen MR) is 81.7 cm³/mol. The molecule has 0 spiro atoms. The fourth-order valence-corrected chi connectivity index (χ4v) is 2.22. The topological polar surface area (TPSA) is 81.5 Å². The fourth-order valence-electron chi connectivity index (χ4n) is 1.68. The van der Waals surface area contributed by atoms with Crippen molar-refractivity contribution in [2.75, 3.05) is 12.4 Å². The highest BCUT2D eigenvalue weighted by Gasteiger charge is 2.10. The number of benzene rings is 2. The highest BCUT2D eigenvalue weighted by Crippen LogP contribution is 2.26.